The van der Waals surface area contributed by atoms with Gasteiger partial charge in [0.25, 0.3) is 5.56 Å². The molecule has 0 spiro atoms. The number of aromatic nitrogens is 2. The molecule has 1 heterocycles. The Labute approximate surface area is 113 Å². The largest absolute Gasteiger partial charge is 0.373 e. The van der Waals surface area contributed by atoms with Gasteiger partial charge in [0, 0.05) is 25.6 Å². The standard InChI is InChI=1S/C14H21N3O2/c1-3-16(2)12-8-14(19)17(15-9-12)10-13(18)11-6-4-5-7-11/h8-9,11H,3-7,10H2,1-2H3. The first-order chi connectivity index (χ1) is 9.11. The summed E-state index contributed by atoms with van der Waals surface area (Å²) in [4.78, 5) is 25.9. The van der Waals surface area contributed by atoms with Crippen LogP contribution in [0.5, 0.6) is 0 Å². The minimum atomic E-state index is -0.204. The molecule has 19 heavy (non-hydrogen) atoms. The average Bonchev–Trinajstić information content (AvgIpc) is 2.94. The fourth-order valence-electron chi connectivity index (χ4n) is 2.46. The third kappa shape index (κ3) is 3.22. The molecule has 1 aliphatic rings. The summed E-state index contributed by atoms with van der Waals surface area (Å²) < 4.78 is 1.27. The minimum Gasteiger partial charge on any atom is -0.373 e. The highest BCUT2D eigenvalue weighted by Gasteiger charge is 2.23. The number of Topliss-reactive ketones (excluding diaryl/α,β-unsaturated/α-hetero) is 1. The molecule has 2 rings (SSSR count). The molecule has 0 saturated heterocycles. The highest BCUT2D eigenvalue weighted by atomic mass is 16.1. The molecule has 0 aliphatic heterocycles. The number of hydrogen-bond donors (Lipinski definition) is 0. The highest BCUT2D eigenvalue weighted by Crippen LogP contribution is 2.25. The summed E-state index contributed by atoms with van der Waals surface area (Å²) >= 11 is 0. The van der Waals surface area contributed by atoms with Crippen LogP contribution in [0.25, 0.3) is 0 Å². The van der Waals surface area contributed by atoms with Gasteiger partial charge in [0.15, 0.2) is 5.78 Å². The molecular weight excluding hydrogens is 242 g/mol. The quantitative estimate of drug-likeness (QED) is 0.807. The van der Waals surface area contributed by atoms with Gasteiger partial charge in [0.05, 0.1) is 11.9 Å². The summed E-state index contributed by atoms with van der Waals surface area (Å²) in [5.74, 6) is 0.274. The second kappa shape index (κ2) is 5.99. The van der Waals surface area contributed by atoms with Crippen molar-refractivity contribution >= 4 is 11.5 Å². The van der Waals surface area contributed by atoms with Crippen LogP contribution in [-0.4, -0.2) is 29.2 Å². The Kier molecular flexibility index (Phi) is 4.35. The Hall–Kier alpha value is -1.65. The van der Waals surface area contributed by atoms with E-state index in [0.717, 1.165) is 37.9 Å². The van der Waals surface area contributed by atoms with Crippen LogP contribution in [0.4, 0.5) is 5.69 Å². The minimum absolute atomic E-state index is 0.111. The van der Waals surface area contributed by atoms with Crippen molar-refractivity contribution in [3.05, 3.63) is 22.6 Å². The van der Waals surface area contributed by atoms with E-state index in [-0.39, 0.29) is 23.8 Å². The van der Waals surface area contributed by atoms with Gasteiger partial charge < -0.3 is 4.90 Å². The molecule has 0 atom stereocenters. The van der Waals surface area contributed by atoms with Crippen LogP contribution >= 0.6 is 0 Å². The van der Waals surface area contributed by atoms with E-state index in [9.17, 15) is 9.59 Å². The summed E-state index contributed by atoms with van der Waals surface area (Å²) in [5.41, 5.74) is 0.584. The lowest BCUT2D eigenvalue weighted by Gasteiger charge is -2.16. The fraction of sp³-hybridized carbons (Fsp3) is 0.643. The Morgan fingerprint density at radius 1 is 1.47 bits per heavy atom. The van der Waals surface area contributed by atoms with Crippen LogP contribution in [0.2, 0.25) is 0 Å². The van der Waals surface area contributed by atoms with Crippen LogP contribution in [0, 0.1) is 5.92 Å². The van der Waals surface area contributed by atoms with Crippen molar-refractivity contribution in [1.82, 2.24) is 9.78 Å². The second-order valence-electron chi connectivity index (χ2n) is 5.17. The van der Waals surface area contributed by atoms with E-state index >= 15 is 0 Å². The Morgan fingerprint density at radius 2 is 2.16 bits per heavy atom. The molecule has 1 aromatic heterocycles. The zero-order chi connectivity index (χ0) is 13.8. The lowest BCUT2D eigenvalue weighted by molar-refractivity contribution is -0.123. The van der Waals surface area contributed by atoms with Crippen LogP contribution in [-0.2, 0) is 11.3 Å². The van der Waals surface area contributed by atoms with Gasteiger partial charge in [-0.2, -0.15) is 5.10 Å². The van der Waals surface area contributed by atoms with E-state index in [1.807, 2.05) is 18.9 Å². The fourth-order valence-corrected chi connectivity index (χ4v) is 2.46. The molecule has 0 N–H and O–H groups in total. The normalized spacial score (nSPS) is 15.7. The number of ketones is 1. The molecule has 0 radical (unpaired) electrons. The van der Waals surface area contributed by atoms with Gasteiger partial charge in [0.1, 0.15) is 6.54 Å². The smallest absolute Gasteiger partial charge is 0.269 e. The molecule has 5 heteroatoms. The Balaban J connectivity index is 2.08. The first-order valence-corrected chi connectivity index (χ1v) is 6.93. The van der Waals surface area contributed by atoms with Crippen molar-refractivity contribution in [3.8, 4) is 0 Å². The summed E-state index contributed by atoms with van der Waals surface area (Å²) in [6, 6.07) is 1.54. The molecule has 1 fully saturated rings. The molecule has 1 aliphatic carbocycles. The van der Waals surface area contributed by atoms with Crippen molar-refractivity contribution in [3.63, 3.8) is 0 Å². The molecule has 0 amide bonds. The highest BCUT2D eigenvalue weighted by molar-refractivity contribution is 5.80. The van der Waals surface area contributed by atoms with Gasteiger partial charge in [-0.05, 0) is 19.8 Å². The molecule has 0 aromatic carbocycles. The van der Waals surface area contributed by atoms with E-state index in [1.54, 1.807) is 12.3 Å². The van der Waals surface area contributed by atoms with Gasteiger partial charge in [-0.1, -0.05) is 12.8 Å². The molecule has 0 bridgehead atoms. The van der Waals surface area contributed by atoms with Gasteiger partial charge in [0.2, 0.25) is 0 Å². The maximum atomic E-state index is 12.0. The molecule has 1 saturated carbocycles. The summed E-state index contributed by atoms with van der Waals surface area (Å²) in [6.45, 7) is 2.93. The monoisotopic (exact) mass is 263 g/mol. The zero-order valence-corrected chi connectivity index (χ0v) is 11.6. The van der Waals surface area contributed by atoms with Gasteiger partial charge >= 0.3 is 0 Å². The molecule has 104 valence electrons. The topological polar surface area (TPSA) is 55.2 Å². The van der Waals surface area contributed by atoms with Crippen molar-refractivity contribution in [2.75, 3.05) is 18.5 Å². The lowest BCUT2D eigenvalue weighted by atomic mass is 10.0. The number of hydrogen-bond acceptors (Lipinski definition) is 4. The van der Waals surface area contributed by atoms with Gasteiger partial charge in [-0.25, -0.2) is 4.68 Å². The molecule has 0 unspecified atom stereocenters. The number of rotatable bonds is 5. The zero-order valence-electron chi connectivity index (χ0n) is 11.6. The summed E-state index contributed by atoms with van der Waals surface area (Å²) in [7, 11) is 1.91. The van der Waals surface area contributed by atoms with Crippen LogP contribution in [0.15, 0.2) is 17.1 Å². The Bertz CT molecular complexity index is 504. The van der Waals surface area contributed by atoms with Crippen LogP contribution in [0.1, 0.15) is 32.6 Å². The number of carbonyl (C=O) groups excluding carboxylic acids is 1. The van der Waals surface area contributed by atoms with Crippen LogP contribution < -0.4 is 10.5 Å². The second-order valence-corrected chi connectivity index (χ2v) is 5.17. The third-order valence-electron chi connectivity index (χ3n) is 3.89. The van der Waals surface area contributed by atoms with Crippen molar-refractivity contribution in [2.45, 2.75) is 39.2 Å². The molecule has 1 aromatic rings. The molecule has 5 nitrogen and oxygen atoms in total. The first-order valence-electron chi connectivity index (χ1n) is 6.93. The van der Waals surface area contributed by atoms with Crippen molar-refractivity contribution < 1.29 is 4.79 Å². The van der Waals surface area contributed by atoms with Crippen molar-refractivity contribution in [2.24, 2.45) is 5.92 Å². The predicted molar refractivity (Wildman–Crippen MR) is 74.4 cm³/mol. The maximum absolute atomic E-state index is 12.0. The number of anilines is 1. The van der Waals surface area contributed by atoms with E-state index in [1.165, 1.54) is 4.68 Å². The maximum Gasteiger partial charge on any atom is 0.269 e. The first kappa shape index (κ1) is 13.8. The van der Waals surface area contributed by atoms with E-state index in [2.05, 4.69) is 5.10 Å². The van der Waals surface area contributed by atoms with E-state index < -0.39 is 0 Å². The summed E-state index contributed by atoms with van der Waals surface area (Å²) in [5, 5.41) is 4.10. The summed E-state index contributed by atoms with van der Waals surface area (Å²) in [6.07, 6.45) is 5.82. The van der Waals surface area contributed by atoms with Gasteiger partial charge in [-0.15, -0.1) is 0 Å². The van der Waals surface area contributed by atoms with Gasteiger partial charge in [-0.3, -0.25) is 9.59 Å². The van der Waals surface area contributed by atoms with E-state index in [4.69, 9.17) is 0 Å². The van der Waals surface area contributed by atoms with E-state index in [0.29, 0.717) is 0 Å². The third-order valence-corrected chi connectivity index (χ3v) is 3.89. The molecular formula is C14H21N3O2. The van der Waals surface area contributed by atoms with Crippen molar-refractivity contribution in [1.29, 1.82) is 0 Å². The number of carbonyl (C=O) groups is 1. The number of nitrogens with zero attached hydrogens (tertiary/aromatic N) is 3. The SMILES string of the molecule is CCN(C)c1cnn(CC(=O)C2CCCC2)c(=O)c1. The average molecular weight is 263 g/mol. The van der Waals surface area contributed by atoms with Crippen LogP contribution in [0.3, 0.4) is 0 Å². The lowest BCUT2D eigenvalue weighted by Crippen LogP contribution is -2.30. The Morgan fingerprint density at radius 3 is 2.74 bits per heavy atom. The predicted octanol–water partition coefficient (Wildman–Crippen LogP) is 1.46.